The second kappa shape index (κ2) is 7.08. The third kappa shape index (κ3) is 3.42. The Kier molecular flexibility index (Phi) is 4.61. The van der Waals surface area contributed by atoms with E-state index in [1.807, 2.05) is 39.0 Å². The molecule has 1 aliphatic rings. The first-order chi connectivity index (χ1) is 13.0. The second-order valence-electron chi connectivity index (χ2n) is 6.38. The molecule has 0 spiro atoms. The van der Waals surface area contributed by atoms with Gasteiger partial charge in [0.2, 0.25) is 0 Å². The highest BCUT2D eigenvalue weighted by molar-refractivity contribution is 7.15. The average molecular weight is 384 g/mol. The van der Waals surface area contributed by atoms with Crippen LogP contribution < -0.4 is 14.8 Å². The van der Waals surface area contributed by atoms with Crippen molar-refractivity contribution in [2.45, 2.75) is 33.3 Å². The number of benzene rings is 1. The molecule has 140 valence electrons. The van der Waals surface area contributed by atoms with Gasteiger partial charge in [-0.15, -0.1) is 11.3 Å². The first kappa shape index (κ1) is 17.6. The molecule has 1 atom stereocenters. The van der Waals surface area contributed by atoms with E-state index in [2.05, 4.69) is 10.3 Å². The Morgan fingerprint density at radius 3 is 3.04 bits per heavy atom. The van der Waals surface area contributed by atoms with E-state index in [9.17, 15) is 4.79 Å². The van der Waals surface area contributed by atoms with Gasteiger partial charge in [-0.2, -0.15) is 0 Å². The number of carbonyl (C=O) groups is 1. The van der Waals surface area contributed by atoms with E-state index in [1.54, 1.807) is 12.3 Å². The molecular formula is C20H20N2O4S. The highest BCUT2D eigenvalue weighted by Gasteiger charge is 2.24. The zero-order valence-corrected chi connectivity index (χ0v) is 16.2. The van der Waals surface area contributed by atoms with Crippen molar-refractivity contribution in [1.82, 2.24) is 4.98 Å². The average Bonchev–Trinajstić information content (AvgIpc) is 3.34. The van der Waals surface area contributed by atoms with Gasteiger partial charge in [0.05, 0.1) is 18.6 Å². The fourth-order valence-electron chi connectivity index (χ4n) is 3.11. The zero-order chi connectivity index (χ0) is 19.0. The van der Waals surface area contributed by atoms with Crippen molar-refractivity contribution in [2.24, 2.45) is 0 Å². The van der Waals surface area contributed by atoms with E-state index < -0.39 is 0 Å². The maximum Gasteiger partial charge on any atom is 0.275 e. The lowest BCUT2D eigenvalue weighted by Crippen LogP contribution is -2.14. The summed E-state index contributed by atoms with van der Waals surface area (Å²) in [5.41, 5.74) is 2.05. The second-order valence-corrected chi connectivity index (χ2v) is 7.58. The van der Waals surface area contributed by atoms with Crippen LogP contribution in [0.5, 0.6) is 11.5 Å². The van der Waals surface area contributed by atoms with Gasteiger partial charge in [-0.1, -0.05) is 0 Å². The largest absolute Gasteiger partial charge is 0.492 e. The van der Waals surface area contributed by atoms with Crippen molar-refractivity contribution in [3.05, 3.63) is 46.7 Å². The summed E-state index contributed by atoms with van der Waals surface area (Å²) in [5, 5.41) is 3.60. The molecule has 1 amide bonds. The molecule has 0 fully saturated rings. The van der Waals surface area contributed by atoms with Crippen molar-refractivity contribution in [2.75, 3.05) is 11.9 Å². The van der Waals surface area contributed by atoms with Gasteiger partial charge in [-0.05, 0) is 39.0 Å². The summed E-state index contributed by atoms with van der Waals surface area (Å²) >= 11 is 1.42. The van der Waals surface area contributed by atoms with E-state index in [-0.39, 0.29) is 12.0 Å². The van der Waals surface area contributed by atoms with Crippen LogP contribution >= 0.6 is 11.3 Å². The fourth-order valence-corrected chi connectivity index (χ4v) is 3.98. The maximum absolute atomic E-state index is 12.8. The number of nitrogens with zero attached hydrogens (tertiary/aromatic N) is 1. The minimum atomic E-state index is -0.284. The van der Waals surface area contributed by atoms with Gasteiger partial charge in [-0.3, -0.25) is 4.79 Å². The summed E-state index contributed by atoms with van der Waals surface area (Å²) in [6, 6.07) is 7.40. The Bertz CT molecular complexity index is 978. The molecule has 6 nitrogen and oxygen atoms in total. The van der Waals surface area contributed by atoms with Crippen LogP contribution in [0.3, 0.4) is 0 Å². The number of amides is 1. The highest BCUT2D eigenvalue weighted by Crippen LogP contribution is 2.38. The standard InChI is InChI=1S/C20H20N2O4S/c1-4-24-17-9-13-8-11(2)26-16(13)10-14(17)21-19(23)18-12(3)27-20(22-18)15-6-5-7-25-15/h5-7,9-11H,4,8H2,1-3H3,(H,21,23). The molecule has 0 saturated carbocycles. The van der Waals surface area contributed by atoms with E-state index in [1.165, 1.54) is 11.3 Å². The predicted molar refractivity (Wildman–Crippen MR) is 104 cm³/mol. The summed E-state index contributed by atoms with van der Waals surface area (Å²) < 4.78 is 16.9. The zero-order valence-electron chi connectivity index (χ0n) is 15.4. The number of hydrogen-bond acceptors (Lipinski definition) is 6. The minimum Gasteiger partial charge on any atom is -0.492 e. The molecule has 0 saturated heterocycles. The van der Waals surface area contributed by atoms with E-state index in [0.717, 1.165) is 22.6 Å². The normalized spacial score (nSPS) is 15.3. The van der Waals surface area contributed by atoms with Crippen LogP contribution in [-0.4, -0.2) is 23.6 Å². The Morgan fingerprint density at radius 1 is 1.44 bits per heavy atom. The van der Waals surface area contributed by atoms with Gasteiger partial charge in [0.25, 0.3) is 5.91 Å². The first-order valence-corrected chi connectivity index (χ1v) is 9.65. The fraction of sp³-hybridized carbons (Fsp3) is 0.300. The number of rotatable bonds is 5. The minimum absolute atomic E-state index is 0.122. The topological polar surface area (TPSA) is 73.6 Å². The van der Waals surface area contributed by atoms with Crippen LogP contribution in [0.1, 0.15) is 34.8 Å². The lowest BCUT2D eigenvalue weighted by molar-refractivity contribution is 0.102. The molecule has 7 heteroatoms. The van der Waals surface area contributed by atoms with E-state index >= 15 is 0 Å². The number of thiazole rings is 1. The third-order valence-corrected chi connectivity index (χ3v) is 5.28. The summed E-state index contributed by atoms with van der Waals surface area (Å²) in [6.45, 7) is 6.32. The monoisotopic (exact) mass is 384 g/mol. The van der Waals surface area contributed by atoms with Crippen molar-refractivity contribution in [1.29, 1.82) is 0 Å². The van der Waals surface area contributed by atoms with E-state index in [4.69, 9.17) is 13.9 Å². The van der Waals surface area contributed by atoms with Crippen LogP contribution in [0, 0.1) is 6.92 Å². The van der Waals surface area contributed by atoms with Gasteiger partial charge in [0.15, 0.2) is 10.8 Å². The Hall–Kier alpha value is -2.80. The lowest BCUT2D eigenvalue weighted by Gasteiger charge is -2.13. The first-order valence-electron chi connectivity index (χ1n) is 8.84. The summed E-state index contributed by atoms with van der Waals surface area (Å²) in [7, 11) is 0. The number of aryl methyl sites for hydroxylation is 1. The van der Waals surface area contributed by atoms with Gasteiger partial charge in [0, 0.05) is 22.9 Å². The van der Waals surface area contributed by atoms with Crippen LogP contribution in [0.25, 0.3) is 10.8 Å². The predicted octanol–water partition coefficient (Wildman–Crippen LogP) is 4.69. The van der Waals surface area contributed by atoms with Crippen molar-refractivity contribution >= 4 is 22.9 Å². The van der Waals surface area contributed by atoms with Crippen molar-refractivity contribution in [3.8, 4) is 22.3 Å². The molecule has 3 heterocycles. The van der Waals surface area contributed by atoms with Crippen LogP contribution in [-0.2, 0) is 6.42 Å². The molecule has 2 aromatic heterocycles. The molecule has 1 aromatic carbocycles. The summed E-state index contributed by atoms with van der Waals surface area (Å²) in [6.07, 6.45) is 2.55. The number of anilines is 1. The molecule has 1 aliphatic heterocycles. The molecule has 1 unspecified atom stereocenters. The maximum atomic E-state index is 12.8. The number of hydrogen-bond donors (Lipinski definition) is 1. The van der Waals surface area contributed by atoms with Gasteiger partial charge >= 0.3 is 0 Å². The van der Waals surface area contributed by atoms with Crippen molar-refractivity contribution in [3.63, 3.8) is 0 Å². The summed E-state index contributed by atoms with van der Waals surface area (Å²) in [4.78, 5) is 18.1. The molecule has 0 radical (unpaired) electrons. The molecule has 1 N–H and O–H groups in total. The highest BCUT2D eigenvalue weighted by atomic mass is 32.1. The number of carbonyl (C=O) groups excluding carboxylic acids is 1. The number of ether oxygens (including phenoxy) is 2. The molecular weight excluding hydrogens is 364 g/mol. The summed E-state index contributed by atoms with van der Waals surface area (Å²) in [5.74, 6) is 1.79. The van der Waals surface area contributed by atoms with Gasteiger partial charge < -0.3 is 19.2 Å². The number of fused-ring (bicyclic) bond motifs is 1. The number of nitrogens with one attached hydrogen (secondary N) is 1. The Labute approximate surface area is 161 Å². The van der Waals surface area contributed by atoms with Gasteiger partial charge in [-0.25, -0.2) is 4.98 Å². The third-order valence-electron chi connectivity index (χ3n) is 4.29. The molecule has 4 rings (SSSR count). The smallest absolute Gasteiger partial charge is 0.275 e. The molecule has 0 bridgehead atoms. The number of aromatic nitrogens is 1. The Morgan fingerprint density at radius 2 is 2.30 bits per heavy atom. The van der Waals surface area contributed by atoms with Crippen molar-refractivity contribution < 1.29 is 18.7 Å². The van der Waals surface area contributed by atoms with Gasteiger partial charge in [0.1, 0.15) is 23.3 Å². The van der Waals surface area contributed by atoms with Crippen LogP contribution in [0.4, 0.5) is 5.69 Å². The lowest BCUT2D eigenvalue weighted by atomic mass is 10.1. The van der Waals surface area contributed by atoms with Crippen LogP contribution in [0.2, 0.25) is 0 Å². The Balaban J connectivity index is 1.62. The van der Waals surface area contributed by atoms with Crippen LogP contribution in [0.15, 0.2) is 34.9 Å². The van der Waals surface area contributed by atoms with E-state index in [0.29, 0.717) is 34.5 Å². The SMILES string of the molecule is CCOc1cc2c(cc1NC(=O)c1nc(-c3ccco3)sc1C)OC(C)C2. The number of furan rings is 1. The molecule has 3 aromatic rings. The molecule has 27 heavy (non-hydrogen) atoms. The molecule has 0 aliphatic carbocycles. The quantitative estimate of drug-likeness (QED) is 0.691.